The second-order valence-corrected chi connectivity index (χ2v) is 4.58. The van der Waals surface area contributed by atoms with Gasteiger partial charge in [-0.1, -0.05) is 27.2 Å². The molecule has 3 atom stereocenters. The third-order valence-corrected chi connectivity index (χ3v) is 3.37. The molecule has 4 heteroatoms. The van der Waals surface area contributed by atoms with Gasteiger partial charge in [-0.2, -0.15) is 0 Å². The van der Waals surface area contributed by atoms with Gasteiger partial charge in [-0.15, -0.1) is 0 Å². The number of nitrogens with one attached hydrogen (secondary N) is 1. The molecule has 1 fully saturated rings. The fraction of sp³-hybridized carbons (Fsp3) is 0.833. The van der Waals surface area contributed by atoms with Crippen LogP contribution in [0.1, 0.15) is 40.5 Å². The quantitative estimate of drug-likeness (QED) is 0.782. The summed E-state index contributed by atoms with van der Waals surface area (Å²) in [6.45, 7) is 8.51. The van der Waals surface area contributed by atoms with Gasteiger partial charge in [-0.25, -0.2) is 0 Å². The lowest BCUT2D eigenvalue weighted by Crippen LogP contribution is -2.64. The molecule has 92 valence electrons. The third kappa shape index (κ3) is 2.36. The van der Waals surface area contributed by atoms with Gasteiger partial charge < -0.3 is 10.2 Å². The average molecular weight is 226 g/mol. The molecule has 1 N–H and O–H groups in total. The number of piperazine rings is 1. The van der Waals surface area contributed by atoms with E-state index in [1.54, 1.807) is 11.8 Å². The number of hydrogen-bond donors (Lipinski definition) is 1. The molecule has 1 aliphatic heterocycles. The number of hydrogen-bond acceptors (Lipinski definition) is 2. The van der Waals surface area contributed by atoms with Crippen molar-refractivity contribution in [3.63, 3.8) is 0 Å². The first-order valence-corrected chi connectivity index (χ1v) is 6.13. The van der Waals surface area contributed by atoms with Crippen molar-refractivity contribution in [2.75, 3.05) is 6.54 Å². The maximum Gasteiger partial charge on any atom is 0.246 e. The van der Waals surface area contributed by atoms with E-state index in [9.17, 15) is 9.59 Å². The van der Waals surface area contributed by atoms with Gasteiger partial charge in [0.2, 0.25) is 11.8 Å². The van der Waals surface area contributed by atoms with Crippen molar-refractivity contribution in [1.29, 1.82) is 0 Å². The Morgan fingerprint density at radius 2 is 2.00 bits per heavy atom. The molecule has 0 radical (unpaired) electrons. The Morgan fingerprint density at radius 3 is 2.50 bits per heavy atom. The molecule has 0 aromatic heterocycles. The summed E-state index contributed by atoms with van der Waals surface area (Å²) in [6, 6.07) is -0.659. The molecule has 16 heavy (non-hydrogen) atoms. The first kappa shape index (κ1) is 13.0. The second kappa shape index (κ2) is 5.32. The van der Waals surface area contributed by atoms with Gasteiger partial charge in [0.25, 0.3) is 0 Å². The van der Waals surface area contributed by atoms with Gasteiger partial charge in [0.1, 0.15) is 12.1 Å². The molecule has 0 aliphatic carbocycles. The van der Waals surface area contributed by atoms with Crippen molar-refractivity contribution in [3.8, 4) is 0 Å². The van der Waals surface area contributed by atoms with Crippen molar-refractivity contribution in [2.45, 2.75) is 52.6 Å². The minimum Gasteiger partial charge on any atom is -0.342 e. The zero-order chi connectivity index (χ0) is 12.3. The molecule has 2 amide bonds. The summed E-state index contributed by atoms with van der Waals surface area (Å²) in [6.07, 6.45) is 1.78. The summed E-state index contributed by atoms with van der Waals surface area (Å²) in [5.74, 6) is 0.241. The van der Waals surface area contributed by atoms with Crippen LogP contribution in [0.15, 0.2) is 0 Å². The molecule has 0 saturated carbocycles. The van der Waals surface area contributed by atoms with E-state index in [1.165, 1.54) is 0 Å². The van der Waals surface area contributed by atoms with Crippen LogP contribution >= 0.6 is 0 Å². The van der Waals surface area contributed by atoms with E-state index in [4.69, 9.17) is 0 Å². The highest BCUT2D eigenvalue weighted by Gasteiger charge is 2.39. The van der Waals surface area contributed by atoms with E-state index in [1.807, 2.05) is 20.8 Å². The highest BCUT2D eigenvalue weighted by molar-refractivity contribution is 5.96. The van der Waals surface area contributed by atoms with Gasteiger partial charge >= 0.3 is 0 Å². The van der Waals surface area contributed by atoms with E-state index in [-0.39, 0.29) is 29.8 Å². The molecule has 0 aromatic carbocycles. The molecule has 1 saturated heterocycles. The van der Waals surface area contributed by atoms with Crippen molar-refractivity contribution in [3.05, 3.63) is 0 Å². The van der Waals surface area contributed by atoms with Crippen LogP contribution in [-0.2, 0) is 9.59 Å². The van der Waals surface area contributed by atoms with Crippen LogP contribution in [0.5, 0.6) is 0 Å². The van der Waals surface area contributed by atoms with Gasteiger partial charge in [0.15, 0.2) is 0 Å². The molecule has 1 aliphatic rings. The largest absolute Gasteiger partial charge is 0.342 e. The van der Waals surface area contributed by atoms with Crippen LogP contribution in [0.3, 0.4) is 0 Å². The molecule has 1 heterocycles. The predicted octanol–water partition coefficient (Wildman–Crippen LogP) is 1.16. The van der Waals surface area contributed by atoms with Crippen LogP contribution in [0.4, 0.5) is 0 Å². The molecular weight excluding hydrogens is 204 g/mol. The Kier molecular flexibility index (Phi) is 4.33. The van der Waals surface area contributed by atoms with Crippen molar-refractivity contribution in [2.24, 2.45) is 5.92 Å². The van der Waals surface area contributed by atoms with Crippen LogP contribution < -0.4 is 5.32 Å². The molecule has 1 rings (SSSR count). The molecule has 0 spiro atoms. The van der Waals surface area contributed by atoms with Crippen LogP contribution in [0, 0.1) is 5.92 Å². The Balaban J connectivity index is 2.84. The van der Waals surface area contributed by atoms with E-state index in [0.29, 0.717) is 6.54 Å². The van der Waals surface area contributed by atoms with Gasteiger partial charge in [0.05, 0.1) is 0 Å². The number of amides is 2. The average Bonchev–Trinajstić information content (AvgIpc) is 2.28. The monoisotopic (exact) mass is 226 g/mol. The third-order valence-electron chi connectivity index (χ3n) is 3.37. The summed E-state index contributed by atoms with van der Waals surface area (Å²) in [4.78, 5) is 25.6. The summed E-state index contributed by atoms with van der Waals surface area (Å²) in [5.41, 5.74) is 0. The topological polar surface area (TPSA) is 49.4 Å². The molecule has 3 unspecified atom stereocenters. The zero-order valence-electron chi connectivity index (χ0n) is 10.6. The fourth-order valence-electron chi connectivity index (χ4n) is 2.01. The molecule has 0 bridgehead atoms. The smallest absolute Gasteiger partial charge is 0.246 e. The van der Waals surface area contributed by atoms with E-state index >= 15 is 0 Å². The predicted molar refractivity (Wildman–Crippen MR) is 62.9 cm³/mol. The van der Waals surface area contributed by atoms with E-state index in [2.05, 4.69) is 5.32 Å². The van der Waals surface area contributed by atoms with Crippen molar-refractivity contribution >= 4 is 11.8 Å². The van der Waals surface area contributed by atoms with Crippen LogP contribution in [0.2, 0.25) is 0 Å². The summed E-state index contributed by atoms with van der Waals surface area (Å²) >= 11 is 0. The van der Waals surface area contributed by atoms with E-state index in [0.717, 1.165) is 12.8 Å². The Morgan fingerprint density at radius 1 is 1.38 bits per heavy atom. The first-order chi connectivity index (χ1) is 7.52. The summed E-state index contributed by atoms with van der Waals surface area (Å²) < 4.78 is 0. The molecule has 0 aromatic rings. The number of rotatable bonds is 4. The number of carbonyl (C=O) groups is 2. The lowest BCUT2D eigenvalue weighted by molar-refractivity contribution is -0.150. The minimum absolute atomic E-state index is 0.0293. The highest BCUT2D eigenvalue weighted by atomic mass is 16.2. The number of nitrogens with zero attached hydrogens (tertiary/aromatic N) is 1. The van der Waals surface area contributed by atoms with Crippen molar-refractivity contribution in [1.82, 2.24) is 10.2 Å². The first-order valence-electron chi connectivity index (χ1n) is 6.13. The van der Waals surface area contributed by atoms with Gasteiger partial charge in [0, 0.05) is 6.54 Å². The Labute approximate surface area is 97.4 Å². The van der Waals surface area contributed by atoms with Gasteiger partial charge in [-0.05, 0) is 19.3 Å². The zero-order valence-corrected chi connectivity index (χ0v) is 10.6. The number of carbonyl (C=O) groups excluding carboxylic acids is 2. The standard InChI is InChI=1S/C12H22N2O2/c1-5-7-14-9(4)11(15)13-10(12(14)16)8(3)6-2/h8-10H,5-7H2,1-4H3,(H,13,15). The second-order valence-electron chi connectivity index (χ2n) is 4.58. The normalized spacial score (nSPS) is 27.9. The minimum atomic E-state index is -0.333. The molecule has 4 nitrogen and oxygen atoms in total. The molecular formula is C12H22N2O2. The van der Waals surface area contributed by atoms with Crippen LogP contribution in [-0.4, -0.2) is 35.3 Å². The Hall–Kier alpha value is -1.06. The van der Waals surface area contributed by atoms with Crippen molar-refractivity contribution < 1.29 is 9.59 Å². The maximum atomic E-state index is 12.2. The Bertz CT molecular complexity index is 274. The van der Waals surface area contributed by atoms with Crippen LogP contribution in [0.25, 0.3) is 0 Å². The highest BCUT2D eigenvalue weighted by Crippen LogP contribution is 2.17. The van der Waals surface area contributed by atoms with Gasteiger partial charge in [-0.3, -0.25) is 9.59 Å². The SMILES string of the molecule is CCCN1C(=O)C(C(C)CC)NC(=O)C1C. The summed E-state index contributed by atoms with van der Waals surface area (Å²) in [5, 5.41) is 2.82. The maximum absolute atomic E-state index is 12.2. The fourth-order valence-corrected chi connectivity index (χ4v) is 2.01. The van der Waals surface area contributed by atoms with E-state index < -0.39 is 0 Å². The lowest BCUT2D eigenvalue weighted by atomic mass is 9.94. The summed E-state index contributed by atoms with van der Waals surface area (Å²) in [7, 11) is 0. The lowest BCUT2D eigenvalue weighted by Gasteiger charge is -2.39.